The van der Waals surface area contributed by atoms with Crippen molar-refractivity contribution in [2.75, 3.05) is 30.8 Å². The number of methoxy groups -OCH3 is 1. The second-order valence-electron chi connectivity index (χ2n) is 9.43. The van der Waals surface area contributed by atoms with E-state index in [1.54, 1.807) is 19.1 Å². The number of nitrogens with one attached hydrogen (secondary N) is 1. The van der Waals surface area contributed by atoms with Crippen LogP contribution in [0.5, 0.6) is 5.75 Å². The van der Waals surface area contributed by atoms with Crippen LogP contribution in [0.2, 0.25) is 0 Å². The van der Waals surface area contributed by atoms with E-state index in [1.165, 1.54) is 12.0 Å². The smallest absolute Gasteiger partial charge is 0.244 e. The van der Waals surface area contributed by atoms with Crippen molar-refractivity contribution in [3.8, 4) is 5.75 Å². The maximum Gasteiger partial charge on any atom is 0.244 e. The zero-order chi connectivity index (χ0) is 26.3. The molecule has 0 unspecified atom stereocenters. The summed E-state index contributed by atoms with van der Waals surface area (Å²) in [5.41, 5.74) is 2.15. The standard InChI is InChI=1S/C27H37N3O5S/c1-20-14-15-25(35-3)24(18-20)30(36(4,33)34)19-26(31)29(17-16-22-10-6-5-7-11-22)21(2)27(32)28-23-12-8-9-13-23/h5-7,10-11,14-15,18,21,23H,8-9,12-13,16-17,19H2,1-4H3,(H,28,32)/t21-/m1/s1. The van der Waals surface area contributed by atoms with Crippen molar-refractivity contribution in [1.29, 1.82) is 0 Å². The number of hydrogen-bond acceptors (Lipinski definition) is 5. The first-order valence-electron chi connectivity index (χ1n) is 12.4. The SMILES string of the molecule is COc1ccc(C)cc1N(CC(=O)N(CCc1ccccc1)[C@H](C)C(=O)NC1CCCC1)S(C)(=O)=O. The Bertz CT molecular complexity index is 1150. The molecule has 1 atom stereocenters. The van der Waals surface area contributed by atoms with Crippen LogP contribution in [0.15, 0.2) is 48.5 Å². The topological polar surface area (TPSA) is 96.0 Å². The number of rotatable bonds is 11. The third kappa shape index (κ3) is 7.22. The molecule has 8 nitrogen and oxygen atoms in total. The van der Waals surface area contributed by atoms with Crippen LogP contribution in [0.1, 0.15) is 43.7 Å². The molecule has 36 heavy (non-hydrogen) atoms. The minimum atomic E-state index is -3.82. The molecule has 3 rings (SSSR count). The van der Waals surface area contributed by atoms with Crippen molar-refractivity contribution in [3.05, 3.63) is 59.7 Å². The van der Waals surface area contributed by atoms with Gasteiger partial charge >= 0.3 is 0 Å². The van der Waals surface area contributed by atoms with Crippen LogP contribution >= 0.6 is 0 Å². The van der Waals surface area contributed by atoms with Crippen molar-refractivity contribution in [2.24, 2.45) is 0 Å². The Balaban J connectivity index is 1.87. The lowest BCUT2D eigenvalue weighted by Gasteiger charge is -2.32. The molecule has 0 spiro atoms. The number of aryl methyl sites for hydroxylation is 1. The van der Waals surface area contributed by atoms with E-state index in [1.807, 2.05) is 43.3 Å². The van der Waals surface area contributed by atoms with Gasteiger partial charge in [-0.3, -0.25) is 13.9 Å². The van der Waals surface area contributed by atoms with Gasteiger partial charge < -0.3 is 15.0 Å². The fourth-order valence-corrected chi connectivity index (χ4v) is 5.40. The average molecular weight is 516 g/mol. The van der Waals surface area contributed by atoms with Crippen molar-refractivity contribution in [2.45, 2.75) is 58.0 Å². The number of benzene rings is 2. The number of carbonyl (C=O) groups is 2. The second kappa shape index (κ2) is 12.3. The number of sulfonamides is 1. The highest BCUT2D eigenvalue weighted by molar-refractivity contribution is 7.92. The highest BCUT2D eigenvalue weighted by atomic mass is 32.2. The van der Waals surface area contributed by atoms with Crippen LogP contribution < -0.4 is 14.4 Å². The highest BCUT2D eigenvalue weighted by Gasteiger charge is 2.32. The summed E-state index contributed by atoms with van der Waals surface area (Å²) < 4.78 is 32.0. The summed E-state index contributed by atoms with van der Waals surface area (Å²) in [7, 11) is -2.37. The average Bonchev–Trinajstić information content (AvgIpc) is 3.35. The number of carbonyl (C=O) groups excluding carboxylic acids is 2. The predicted octanol–water partition coefficient (Wildman–Crippen LogP) is 3.29. The predicted molar refractivity (Wildman–Crippen MR) is 142 cm³/mol. The number of amides is 2. The largest absolute Gasteiger partial charge is 0.495 e. The molecule has 9 heteroatoms. The first kappa shape index (κ1) is 27.5. The van der Waals surface area contributed by atoms with Crippen molar-refractivity contribution in [1.82, 2.24) is 10.2 Å². The van der Waals surface area contributed by atoms with Gasteiger partial charge in [-0.25, -0.2) is 8.42 Å². The Kier molecular flexibility index (Phi) is 9.37. The summed E-state index contributed by atoms with van der Waals surface area (Å²) in [5.74, 6) is -0.321. The molecule has 0 saturated heterocycles. The van der Waals surface area contributed by atoms with Crippen molar-refractivity contribution in [3.63, 3.8) is 0 Å². The molecular weight excluding hydrogens is 478 g/mol. The molecule has 0 aliphatic heterocycles. The Labute approximate surface area is 214 Å². The van der Waals surface area contributed by atoms with Crippen LogP contribution in [0.25, 0.3) is 0 Å². The number of hydrogen-bond donors (Lipinski definition) is 1. The molecule has 1 saturated carbocycles. The molecule has 196 valence electrons. The maximum absolute atomic E-state index is 13.7. The third-order valence-corrected chi connectivity index (χ3v) is 7.76. The summed E-state index contributed by atoms with van der Waals surface area (Å²) >= 11 is 0. The molecule has 2 amide bonds. The van der Waals surface area contributed by atoms with E-state index in [0.29, 0.717) is 17.9 Å². The molecule has 1 aliphatic carbocycles. The van der Waals surface area contributed by atoms with Crippen LogP contribution in [-0.2, 0) is 26.0 Å². The molecule has 0 bridgehead atoms. The summed E-state index contributed by atoms with van der Waals surface area (Å²) in [6.45, 7) is 3.39. The Hall–Kier alpha value is -3.07. The molecule has 1 N–H and O–H groups in total. The van der Waals surface area contributed by atoms with Crippen LogP contribution in [0.4, 0.5) is 5.69 Å². The second-order valence-corrected chi connectivity index (χ2v) is 11.3. The van der Waals surface area contributed by atoms with E-state index < -0.39 is 28.5 Å². The minimum Gasteiger partial charge on any atom is -0.495 e. The van der Waals surface area contributed by atoms with E-state index in [0.717, 1.165) is 47.4 Å². The van der Waals surface area contributed by atoms with Crippen LogP contribution in [-0.4, -0.2) is 63.7 Å². The summed E-state index contributed by atoms with van der Waals surface area (Å²) in [5, 5.41) is 3.07. The lowest BCUT2D eigenvalue weighted by atomic mass is 10.1. The quantitative estimate of drug-likeness (QED) is 0.496. The van der Waals surface area contributed by atoms with Gasteiger partial charge in [0.05, 0.1) is 19.1 Å². The first-order valence-corrected chi connectivity index (χ1v) is 14.2. The van der Waals surface area contributed by atoms with Gasteiger partial charge in [0.1, 0.15) is 18.3 Å². The van der Waals surface area contributed by atoms with Crippen LogP contribution in [0, 0.1) is 6.92 Å². The first-order chi connectivity index (χ1) is 17.1. The lowest BCUT2D eigenvalue weighted by Crippen LogP contribution is -2.53. The molecule has 2 aromatic carbocycles. The van der Waals surface area contributed by atoms with E-state index in [9.17, 15) is 18.0 Å². The fourth-order valence-electron chi connectivity index (χ4n) is 4.55. The molecule has 0 heterocycles. The van der Waals surface area contributed by atoms with Gasteiger partial charge in [0.25, 0.3) is 0 Å². The normalized spacial score (nSPS) is 14.8. The van der Waals surface area contributed by atoms with Gasteiger partial charge in [-0.05, 0) is 56.4 Å². The van der Waals surface area contributed by atoms with E-state index in [-0.39, 0.29) is 18.5 Å². The number of ether oxygens (including phenoxy) is 1. The summed E-state index contributed by atoms with van der Waals surface area (Å²) in [4.78, 5) is 28.2. The minimum absolute atomic E-state index is 0.120. The van der Waals surface area contributed by atoms with Gasteiger partial charge in [0, 0.05) is 12.6 Å². The molecule has 0 aromatic heterocycles. The van der Waals surface area contributed by atoms with E-state index in [2.05, 4.69) is 5.32 Å². The third-order valence-electron chi connectivity index (χ3n) is 6.64. The number of anilines is 1. The summed E-state index contributed by atoms with van der Waals surface area (Å²) in [6, 6.07) is 14.2. The molecule has 1 fully saturated rings. The molecule has 1 aliphatic rings. The molecule has 2 aromatic rings. The van der Waals surface area contributed by atoms with Gasteiger partial charge in [0.2, 0.25) is 21.8 Å². The van der Waals surface area contributed by atoms with Gasteiger partial charge in [0.15, 0.2) is 0 Å². The monoisotopic (exact) mass is 515 g/mol. The maximum atomic E-state index is 13.7. The van der Waals surface area contributed by atoms with E-state index >= 15 is 0 Å². The number of nitrogens with zero attached hydrogens (tertiary/aromatic N) is 2. The Morgan fingerprint density at radius 1 is 1.11 bits per heavy atom. The highest BCUT2D eigenvalue weighted by Crippen LogP contribution is 2.31. The van der Waals surface area contributed by atoms with Crippen LogP contribution in [0.3, 0.4) is 0 Å². The zero-order valence-corrected chi connectivity index (χ0v) is 22.4. The molecule has 0 radical (unpaired) electrons. The Morgan fingerprint density at radius 3 is 2.39 bits per heavy atom. The van der Waals surface area contributed by atoms with Gasteiger partial charge in [-0.1, -0.05) is 49.2 Å². The molecular formula is C27H37N3O5S. The fraction of sp³-hybridized carbons (Fsp3) is 0.481. The van der Waals surface area contributed by atoms with Gasteiger partial charge in [-0.2, -0.15) is 0 Å². The Morgan fingerprint density at radius 2 is 1.78 bits per heavy atom. The van der Waals surface area contributed by atoms with Crippen molar-refractivity contribution >= 4 is 27.5 Å². The zero-order valence-electron chi connectivity index (χ0n) is 21.6. The van der Waals surface area contributed by atoms with E-state index in [4.69, 9.17) is 4.74 Å². The lowest BCUT2D eigenvalue weighted by molar-refractivity contribution is -0.139. The summed E-state index contributed by atoms with van der Waals surface area (Å²) in [6.07, 6.45) is 5.64. The van der Waals surface area contributed by atoms with Crippen molar-refractivity contribution < 1.29 is 22.7 Å². The van der Waals surface area contributed by atoms with Gasteiger partial charge in [-0.15, -0.1) is 0 Å².